The number of nitrogens with zero attached hydrogens (tertiary/aromatic N) is 1. The molecule has 2 heterocycles. The van der Waals surface area contributed by atoms with Crippen molar-refractivity contribution >= 4 is 17.2 Å². The Morgan fingerprint density at radius 3 is 2.78 bits per heavy atom. The molecule has 0 bridgehead atoms. The highest BCUT2D eigenvalue weighted by atomic mass is 32.1. The number of amides is 1. The Bertz CT molecular complexity index is 802. The Balaban J connectivity index is 1.43. The topological polar surface area (TPSA) is 55.1 Å². The number of aromatic nitrogens is 1. The summed E-state index contributed by atoms with van der Waals surface area (Å²) in [7, 11) is 0. The Labute approximate surface area is 138 Å². The van der Waals surface area contributed by atoms with Crippen LogP contribution in [0.4, 0.5) is 0 Å². The quantitative estimate of drug-likeness (QED) is 0.765. The normalized spacial score (nSPS) is 13.9. The number of carbonyl (C=O) groups is 1. The van der Waals surface area contributed by atoms with Gasteiger partial charge < -0.3 is 9.73 Å². The van der Waals surface area contributed by atoms with Crippen LogP contribution in [0.15, 0.2) is 52.5 Å². The summed E-state index contributed by atoms with van der Waals surface area (Å²) in [5, 5.41) is 6.17. The Kier molecular flexibility index (Phi) is 3.71. The molecule has 0 saturated heterocycles. The molecule has 4 rings (SSSR count). The van der Waals surface area contributed by atoms with Gasteiger partial charge in [-0.3, -0.25) is 4.79 Å². The fraction of sp³-hybridized carbons (Fsp3) is 0.222. The molecule has 0 atom stereocenters. The number of nitrogens with one attached hydrogen (secondary N) is 1. The largest absolute Gasteiger partial charge is 0.467 e. The summed E-state index contributed by atoms with van der Waals surface area (Å²) in [6, 6.07) is 11.2. The molecule has 3 aromatic rings. The monoisotopic (exact) mass is 324 g/mol. The van der Waals surface area contributed by atoms with Gasteiger partial charge in [0.2, 0.25) is 0 Å². The van der Waals surface area contributed by atoms with Crippen molar-refractivity contribution in [2.24, 2.45) is 0 Å². The Morgan fingerprint density at radius 1 is 1.26 bits per heavy atom. The highest BCUT2D eigenvalue weighted by molar-refractivity contribution is 7.10. The molecular weight excluding hydrogens is 308 g/mol. The van der Waals surface area contributed by atoms with Gasteiger partial charge in [-0.05, 0) is 37.1 Å². The lowest BCUT2D eigenvalue weighted by Gasteiger charge is -2.04. The van der Waals surface area contributed by atoms with E-state index in [2.05, 4.69) is 10.7 Å². The fourth-order valence-electron chi connectivity index (χ4n) is 2.41. The van der Waals surface area contributed by atoms with E-state index in [1.165, 1.54) is 17.8 Å². The van der Waals surface area contributed by atoms with Gasteiger partial charge in [0.25, 0.3) is 5.91 Å². The summed E-state index contributed by atoms with van der Waals surface area (Å²) < 4.78 is 5.20. The second kappa shape index (κ2) is 6.01. The molecule has 1 aromatic carbocycles. The lowest BCUT2D eigenvalue weighted by molar-refractivity contribution is 0.0948. The summed E-state index contributed by atoms with van der Waals surface area (Å²) in [6.45, 7) is 0.393. The zero-order valence-electron chi connectivity index (χ0n) is 12.5. The number of carbonyl (C=O) groups excluding carboxylic acids is 1. The summed E-state index contributed by atoms with van der Waals surface area (Å²) >= 11 is 1.73. The van der Waals surface area contributed by atoms with Crippen LogP contribution in [0.1, 0.15) is 39.9 Å². The van der Waals surface area contributed by atoms with Gasteiger partial charge in [0.15, 0.2) is 0 Å². The van der Waals surface area contributed by atoms with E-state index in [1.807, 2.05) is 30.3 Å². The maximum Gasteiger partial charge on any atom is 0.251 e. The SMILES string of the molecule is O=C(NCc1ccco1)c1ccc(-c2csc(C3CC3)n2)cc1. The highest BCUT2D eigenvalue weighted by Crippen LogP contribution is 2.42. The van der Waals surface area contributed by atoms with Crippen molar-refractivity contribution in [1.82, 2.24) is 10.3 Å². The summed E-state index contributed by atoms with van der Waals surface area (Å²) in [4.78, 5) is 16.8. The predicted molar refractivity (Wildman–Crippen MR) is 89.4 cm³/mol. The summed E-state index contributed by atoms with van der Waals surface area (Å²) in [6.07, 6.45) is 4.13. The number of furan rings is 1. The van der Waals surface area contributed by atoms with Gasteiger partial charge in [-0.1, -0.05) is 12.1 Å². The molecule has 2 aromatic heterocycles. The number of benzene rings is 1. The lowest BCUT2D eigenvalue weighted by Crippen LogP contribution is -2.22. The Hall–Kier alpha value is -2.40. The first-order valence-corrected chi connectivity index (χ1v) is 8.54. The maximum atomic E-state index is 12.1. The van der Waals surface area contributed by atoms with Crippen LogP contribution in [0.2, 0.25) is 0 Å². The van der Waals surface area contributed by atoms with Crippen molar-refractivity contribution in [2.75, 3.05) is 0 Å². The van der Waals surface area contributed by atoms with Crippen LogP contribution < -0.4 is 5.32 Å². The lowest BCUT2D eigenvalue weighted by atomic mass is 10.1. The molecule has 0 aliphatic heterocycles. The molecule has 0 unspecified atom stereocenters. The third-order valence-electron chi connectivity index (χ3n) is 3.89. The molecule has 1 fully saturated rings. The zero-order valence-corrected chi connectivity index (χ0v) is 13.3. The van der Waals surface area contributed by atoms with Crippen LogP contribution in [0, 0.1) is 0 Å². The van der Waals surface area contributed by atoms with E-state index in [-0.39, 0.29) is 5.91 Å². The van der Waals surface area contributed by atoms with E-state index >= 15 is 0 Å². The smallest absolute Gasteiger partial charge is 0.251 e. The van der Waals surface area contributed by atoms with Gasteiger partial charge in [0, 0.05) is 22.4 Å². The van der Waals surface area contributed by atoms with Crippen LogP contribution >= 0.6 is 11.3 Å². The van der Waals surface area contributed by atoms with Crippen LogP contribution in [0.5, 0.6) is 0 Å². The molecule has 116 valence electrons. The standard InChI is InChI=1S/C18H16N2O2S/c21-17(19-10-15-2-1-9-22-15)13-5-3-12(4-6-13)16-11-23-18(20-16)14-7-8-14/h1-6,9,11,14H,7-8,10H2,(H,19,21). The first-order chi connectivity index (χ1) is 11.3. The zero-order chi connectivity index (χ0) is 15.6. The summed E-state index contributed by atoms with van der Waals surface area (Å²) in [5.41, 5.74) is 2.69. The third-order valence-corrected chi connectivity index (χ3v) is 4.90. The molecule has 23 heavy (non-hydrogen) atoms. The molecule has 1 aliphatic rings. The van der Waals surface area contributed by atoms with Crippen molar-refractivity contribution < 1.29 is 9.21 Å². The number of thiazole rings is 1. The van der Waals surface area contributed by atoms with E-state index in [1.54, 1.807) is 23.7 Å². The van der Waals surface area contributed by atoms with E-state index in [0.717, 1.165) is 17.0 Å². The van der Waals surface area contributed by atoms with Crippen molar-refractivity contribution in [2.45, 2.75) is 25.3 Å². The first-order valence-electron chi connectivity index (χ1n) is 7.66. The van der Waals surface area contributed by atoms with Crippen molar-refractivity contribution in [3.8, 4) is 11.3 Å². The van der Waals surface area contributed by atoms with Crippen LogP contribution in [-0.4, -0.2) is 10.9 Å². The Morgan fingerprint density at radius 2 is 2.09 bits per heavy atom. The van der Waals surface area contributed by atoms with E-state index in [0.29, 0.717) is 18.0 Å². The van der Waals surface area contributed by atoms with Crippen LogP contribution in [0.25, 0.3) is 11.3 Å². The minimum absolute atomic E-state index is 0.107. The molecule has 1 saturated carbocycles. The number of hydrogen-bond donors (Lipinski definition) is 1. The van der Waals surface area contributed by atoms with Crippen LogP contribution in [0.3, 0.4) is 0 Å². The minimum atomic E-state index is -0.107. The third kappa shape index (κ3) is 3.19. The highest BCUT2D eigenvalue weighted by Gasteiger charge is 2.26. The maximum absolute atomic E-state index is 12.1. The van der Waals surface area contributed by atoms with Crippen molar-refractivity contribution in [3.05, 3.63) is 64.4 Å². The fourth-order valence-corrected chi connectivity index (χ4v) is 3.41. The first kappa shape index (κ1) is 14.2. The van der Waals surface area contributed by atoms with E-state index in [9.17, 15) is 4.79 Å². The molecule has 1 aliphatic carbocycles. The second-order valence-electron chi connectivity index (χ2n) is 5.68. The second-order valence-corrected chi connectivity index (χ2v) is 6.57. The van der Waals surface area contributed by atoms with Gasteiger partial charge >= 0.3 is 0 Å². The van der Waals surface area contributed by atoms with Crippen molar-refractivity contribution in [3.63, 3.8) is 0 Å². The average molecular weight is 324 g/mol. The molecule has 4 nitrogen and oxygen atoms in total. The van der Waals surface area contributed by atoms with Crippen molar-refractivity contribution in [1.29, 1.82) is 0 Å². The molecule has 1 amide bonds. The number of hydrogen-bond acceptors (Lipinski definition) is 4. The van der Waals surface area contributed by atoms with Gasteiger partial charge in [-0.2, -0.15) is 0 Å². The molecule has 0 spiro atoms. The van der Waals surface area contributed by atoms with Gasteiger partial charge in [0.1, 0.15) is 5.76 Å². The van der Waals surface area contributed by atoms with Gasteiger partial charge in [-0.25, -0.2) is 4.98 Å². The van der Waals surface area contributed by atoms with E-state index < -0.39 is 0 Å². The molecule has 1 N–H and O–H groups in total. The number of rotatable bonds is 5. The average Bonchev–Trinajstić information content (AvgIpc) is 3.11. The summed E-state index contributed by atoms with van der Waals surface area (Å²) in [5.74, 6) is 1.32. The predicted octanol–water partition coefficient (Wildman–Crippen LogP) is 4.21. The van der Waals surface area contributed by atoms with Crippen LogP contribution in [-0.2, 0) is 6.54 Å². The minimum Gasteiger partial charge on any atom is -0.467 e. The molecule has 0 radical (unpaired) electrons. The van der Waals surface area contributed by atoms with Gasteiger partial charge in [0.05, 0.1) is 23.5 Å². The van der Waals surface area contributed by atoms with E-state index in [4.69, 9.17) is 9.40 Å². The molecular formula is C18H16N2O2S. The molecule has 5 heteroatoms. The van der Waals surface area contributed by atoms with Gasteiger partial charge in [-0.15, -0.1) is 11.3 Å².